The number of nitrogens with two attached hydrogens (primary N) is 1. The zero-order valence-electron chi connectivity index (χ0n) is 6.11. The van der Waals surface area contributed by atoms with Crippen molar-refractivity contribution in [2.75, 3.05) is 0 Å². The molecule has 0 unspecified atom stereocenters. The maximum Gasteiger partial charge on any atom is 0.250 e. The van der Waals surface area contributed by atoms with Crippen molar-refractivity contribution in [3.8, 4) is 0 Å². The highest BCUT2D eigenvalue weighted by Crippen LogP contribution is 2.12. The summed E-state index contributed by atoms with van der Waals surface area (Å²) in [5.41, 5.74) is 6.16. The summed E-state index contributed by atoms with van der Waals surface area (Å²) in [5.74, 6) is -0.476. The Morgan fingerprint density at radius 2 is 2.42 bits per heavy atom. The molecule has 0 radical (unpaired) electrons. The number of aromatic amines is 1. The number of carbonyl (C=O) groups is 1. The van der Waals surface area contributed by atoms with Crippen molar-refractivity contribution >= 4 is 16.9 Å². The minimum absolute atomic E-state index is 0.422. The first kappa shape index (κ1) is 6.78. The summed E-state index contributed by atoms with van der Waals surface area (Å²) in [4.78, 5) is 21.3. The zero-order chi connectivity index (χ0) is 8.55. The molecule has 0 atom stereocenters. The summed E-state index contributed by atoms with van der Waals surface area (Å²) < 4.78 is 0. The molecule has 3 N–H and O–H groups in total. The van der Waals surface area contributed by atoms with Gasteiger partial charge >= 0.3 is 0 Å². The predicted molar refractivity (Wildman–Crippen MR) is 42.4 cm³/mol. The van der Waals surface area contributed by atoms with Crippen LogP contribution in [0.1, 0.15) is 10.4 Å². The minimum Gasteiger partial charge on any atom is -0.366 e. The summed E-state index contributed by atoms with van der Waals surface area (Å²) in [6.07, 6.45) is 4.49. The van der Waals surface area contributed by atoms with Crippen LogP contribution in [-0.4, -0.2) is 20.9 Å². The van der Waals surface area contributed by atoms with Crippen LogP contribution in [0.25, 0.3) is 11.0 Å². The highest BCUT2D eigenvalue weighted by molar-refractivity contribution is 6.04. The maximum atomic E-state index is 10.8. The first-order valence-electron chi connectivity index (χ1n) is 3.36. The highest BCUT2D eigenvalue weighted by Gasteiger charge is 2.07. The van der Waals surface area contributed by atoms with E-state index in [0.717, 1.165) is 0 Å². The largest absolute Gasteiger partial charge is 0.366 e. The number of primary amides is 1. The Bertz CT molecular complexity index is 434. The van der Waals surface area contributed by atoms with E-state index < -0.39 is 5.91 Å². The molecule has 2 heterocycles. The number of nitrogens with one attached hydrogen (secondary N) is 1. The molecule has 12 heavy (non-hydrogen) atoms. The summed E-state index contributed by atoms with van der Waals surface area (Å²) >= 11 is 0. The molecule has 2 aromatic rings. The summed E-state index contributed by atoms with van der Waals surface area (Å²) in [5, 5.41) is 0.657. The number of aromatic nitrogens is 3. The van der Waals surface area contributed by atoms with Gasteiger partial charge in [0.2, 0.25) is 0 Å². The van der Waals surface area contributed by atoms with Gasteiger partial charge in [-0.15, -0.1) is 0 Å². The van der Waals surface area contributed by atoms with E-state index in [1.165, 1.54) is 12.5 Å². The first-order chi connectivity index (χ1) is 5.79. The number of fused-ring (bicyclic) bond motifs is 1. The van der Waals surface area contributed by atoms with Crippen LogP contribution >= 0.6 is 0 Å². The van der Waals surface area contributed by atoms with Gasteiger partial charge in [0.25, 0.3) is 5.91 Å². The van der Waals surface area contributed by atoms with E-state index in [-0.39, 0.29) is 0 Å². The number of hydrogen-bond donors (Lipinski definition) is 2. The van der Waals surface area contributed by atoms with E-state index >= 15 is 0 Å². The molecular formula is C7H6N4O. The molecule has 2 aromatic heterocycles. The first-order valence-corrected chi connectivity index (χ1v) is 3.36. The van der Waals surface area contributed by atoms with Crippen LogP contribution in [0.2, 0.25) is 0 Å². The van der Waals surface area contributed by atoms with Crippen LogP contribution in [0, 0.1) is 0 Å². The Kier molecular flexibility index (Phi) is 1.30. The van der Waals surface area contributed by atoms with Crippen molar-refractivity contribution in [2.45, 2.75) is 0 Å². The molecule has 5 heteroatoms. The molecule has 0 bridgehead atoms. The Morgan fingerprint density at radius 3 is 3.17 bits per heavy atom. The smallest absolute Gasteiger partial charge is 0.250 e. The number of H-pyrrole nitrogens is 1. The minimum atomic E-state index is -0.476. The van der Waals surface area contributed by atoms with Crippen molar-refractivity contribution < 1.29 is 4.79 Å². The lowest BCUT2D eigenvalue weighted by atomic mass is 10.2. The van der Waals surface area contributed by atoms with Crippen molar-refractivity contribution in [2.24, 2.45) is 5.73 Å². The standard InChI is InChI=1S/C7H6N4O/c8-6(12)4-2-10-7-5(4)1-9-3-11-7/h1-3H,(H2,8,12)(H,9,10,11). The van der Waals surface area contributed by atoms with Gasteiger partial charge in [0.1, 0.15) is 12.0 Å². The molecule has 0 fully saturated rings. The van der Waals surface area contributed by atoms with E-state index in [2.05, 4.69) is 15.0 Å². The van der Waals surface area contributed by atoms with Crippen molar-refractivity contribution in [1.82, 2.24) is 15.0 Å². The van der Waals surface area contributed by atoms with Gasteiger partial charge in [-0.1, -0.05) is 0 Å². The Morgan fingerprint density at radius 1 is 1.58 bits per heavy atom. The third-order valence-corrected chi connectivity index (χ3v) is 1.62. The van der Waals surface area contributed by atoms with Crippen molar-refractivity contribution in [3.05, 3.63) is 24.3 Å². The molecule has 2 rings (SSSR count). The predicted octanol–water partition coefficient (Wildman–Crippen LogP) is 0.0568. The van der Waals surface area contributed by atoms with Crippen LogP contribution in [0.4, 0.5) is 0 Å². The van der Waals surface area contributed by atoms with Gasteiger partial charge in [-0.25, -0.2) is 9.97 Å². The summed E-state index contributed by atoms with van der Waals surface area (Å²) in [6.45, 7) is 0. The molecule has 0 saturated heterocycles. The van der Waals surface area contributed by atoms with E-state index in [1.807, 2.05) is 0 Å². The number of nitrogens with zero attached hydrogens (tertiary/aromatic N) is 2. The SMILES string of the molecule is NC(=O)c1c[nH]c2ncncc12. The highest BCUT2D eigenvalue weighted by atomic mass is 16.1. The lowest BCUT2D eigenvalue weighted by molar-refractivity contribution is 0.100. The van der Waals surface area contributed by atoms with Crippen molar-refractivity contribution in [1.29, 1.82) is 0 Å². The van der Waals surface area contributed by atoms with Crippen molar-refractivity contribution in [3.63, 3.8) is 0 Å². The maximum absolute atomic E-state index is 10.8. The quantitative estimate of drug-likeness (QED) is 0.621. The average molecular weight is 162 g/mol. The second-order valence-electron chi connectivity index (χ2n) is 2.35. The molecule has 1 amide bonds. The second-order valence-corrected chi connectivity index (χ2v) is 2.35. The molecular weight excluding hydrogens is 156 g/mol. The Labute approximate surface area is 67.6 Å². The fraction of sp³-hybridized carbons (Fsp3) is 0. The second kappa shape index (κ2) is 2.30. The van der Waals surface area contributed by atoms with Crippen LogP contribution in [0.3, 0.4) is 0 Å². The van der Waals surface area contributed by atoms with E-state index in [9.17, 15) is 4.79 Å². The summed E-state index contributed by atoms with van der Waals surface area (Å²) in [7, 11) is 0. The van der Waals surface area contributed by atoms with E-state index in [0.29, 0.717) is 16.6 Å². The number of amides is 1. The Balaban J connectivity index is 2.79. The number of hydrogen-bond acceptors (Lipinski definition) is 3. The van der Waals surface area contributed by atoms with Crippen LogP contribution in [0.5, 0.6) is 0 Å². The van der Waals surface area contributed by atoms with Crippen LogP contribution in [0.15, 0.2) is 18.7 Å². The fourth-order valence-corrected chi connectivity index (χ4v) is 1.06. The van der Waals surface area contributed by atoms with E-state index in [4.69, 9.17) is 5.73 Å². The third-order valence-electron chi connectivity index (χ3n) is 1.62. The zero-order valence-corrected chi connectivity index (χ0v) is 6.11. The number of rotatable bonds is 1. The fourth-order valence-electron chi connectivity index (χ4n) is 1.06. The van der Waals surface area contributed by atoms with Crippen LogP contribution < -0.4 is 5.73 Å². The van der Waals surface area contributed by atoms with E-state index in [1.54, 1.807) is 6.20 Å². The molecule has 0 aliphatic rings. The van der Waals surface area contributed by atoms with Gasteiger partial charge in [-0.2, -0.15) is 0 Å². The molecule has 0 aliphatic carbocycles. The number of carbonyl (C=O) groups excluding carboxylic acids is 1. The molecule has 0 spiro atoms. The topological polar surface area (TPSA) is 84.7 Å². The molecule has 5 nitrogen and oxygen atoms in total. The lowest BCUT2D eigenvalue weighted by Crippen LogP contribution is -2.09. The monoisotopic (exact) mass is 162 g/mol. The Hall–Kier alpha value is -1.91. The van der Waals surface area contributed by atoms with Gasteiger partial charge < -0.3 is 10.7 Å². The lowest BCUT2D eigenvalue weighted by Gasteiger charge is -1.89. The molecule has 60 valence electrons. The van der Waals surface area contributed by atoms with Crippen LogP contribution in [-0.2, 0) is 0 Å². The normalized spacial score (nSPS) is 10.3. The molecule has 0 aromatic carbocycles. The average Bonchev–Trinajstić information content (AvgIpc) is 2.47. The van der Waals surface area contributed by atoms with Gasteiger partial charge in [0.05, 0.1) is 5.56 Å². The molecule has 0 saturated carbocycles. The van der Waals surface area contributed by atoms with Gasteiger partial charge in [0, 0.05) is 17.8 Å². The van der Waals surface area contributed by atoms with Gasteiger partial charge in [-0.3, -0.25) is 4.79 Å². The van der Waals surface area contributed by atoms with Gasteiger partial charge in [0.15, 0.2) is 0 Å². The summed E-state index contributed by atoms with van der Waals surface area (Å²) in [6, 6.07) is 0. The third kappa shape index (κ3) is 0.833. The van der Waals surface area contributed by atoms with Gasteiger partial charge in [-0.05, 0) is 0 Å². The molecule has 0 aliphatic heterocycles.